The molecule has 1 aromatic rings. The standard InChI is InChI=1S/C12H13N3O3/c13-5-10(16)8-1-3-9(4-2-8)15-6-11(17)14-12(18)7-15/h1-4H,5-7,13H2,(H,14,17,18). The van der Waals surface area contributed by atoms with Gasteiger partial charge in [0.1, 0.15) is 0 Å². The predicted molar refractivity (Wildman–Crippen MR) is 65.2 cm³/mol. The van der Waals surface area contributed by atoms with Gasteiger partial charge in [-0.25, -0.2) is 0 Å². The lowest BCUT2D eigenvalue weighted by Crippen LogP contribution is -2.51. The number of nitrogens with two attached hydrogens (primary N) is 1. The number of imide groups is 1. The van der Waals surface area contributed by atoms with Crippen LogP contribution in [0.3, 0.4) is 0 Å². The molecule has 6 heteroatoms. The Morgan fingerprint density at radius 3 is 2.22 bits per heavy atom. The van der Waals surface area contributed by atoms with E-state index in [0.717, 1.165) is 5.69 Å². The first-order valence-corrected chi connectivity index (χ1v) is 5.51. The molecule has 3 N–H and O–H groups in total. The van der Waals surface area contributed by atoms with E-state index >= 15 is 0 Å². The van der Waals surface area contributed by atoms with Gasteiger partial charge >= 0.3 is 0 Å². The van der Waals surface area contributed by atoms with Crippen LogP contribution < -0.4 is 16.0 Å². The molecular formula is C12H13N3O3. The molecule has 0 aromatic heterocycles. The lowest BCUT2D eigenvalue weighted by molar-refractivity contribution is -0.130. The van der Waals surface area contributed by atoms with Crippen molar-refractivity contribution < 1.29 is 14.4 Å². The van der Waals surface area contributed by atoms with Crippen LogP contribution >= 0.6 is 0 Å². The monoisotopic (exact) mass is 247 g/mol. The molecule has 2 rings (SSSR count). The van der Waals surface area contributed by atoms with Crippen molar-refractivity contribution in [2.24, 2.45) is 5.73 Å². The number of carbonyl (C=O) groups excluding carboxylic acids is 3. The molecule has 1 aliphatic heterocycles. The van der Waals surface area contributed by atoms with Crippen molar-refractivity contribution in [2.75, 3.05) is 24.5 Å². The van der Waals surface area contributed by atoms with E-state index in [0.29, 0.717) is 5.56 Å². The van der Waals surface area contributed by atoms with Gasteiger partial charge < -0.3 is 10.6 Å². The van der Waals surface area contributed by atoms with E-state index in [1.165, 1.54) is 0 Å². The van der Waals surface area contributed by atoms with Gasteiger partial charge in [-0.1, -0.05) is 0 Å². The molecule has 1 heterocycles. The summed E-state index contributed by atoms with van der Waals surface area (Å²) >= 11 is 0. The minimum absolute atomic E-state index is 0.0377. The summed E-state index contributed by atoms with van der Waals surface area (Å²) in [6.07, 6.45) is 0. The Hall–Kier alpha value is -2.21. The smallest absolute Gasteiger partial charge is 0.246 e. The second kappa shape index (κ2) is 4.97. The molecule has 1 aromatic carbocycles. The van der Waals surface area contributed by atoms with Gasteiger partial charge in [-0.05, 0) is 24.3 Å². The molecule has 0 unspecified atom stereocenters. The minimum Gasteiger partial charge on any atom is -0.353 e. The van der Waals surface area contributed by atoms with Crippen molar-refractivity contribution in [3.05, 3.63) is 29.8 Å². The Bertz CT molecular complexity index is 480. The third-order valence-corrected chi connectivity index (χ3v) is 2.69. The summed E-state index contributed by atoms with van der Waals surface area (Å²) in [5.41, 5.74) is 6.51. The number of carbonyl (C=O) groups is 3. The Labute approximate surface area is 104 Å². The van der Waals surface area contributed by atoms with Gasteiger partial charge in [-0.2, -0.15) is 0 Å². The molecule has 18 heavy (non-hydrogen) atoms. The lowest BCUT2D eigenvalue weighted by Gasteiger charge is -2.27. The highest BCUT2D eigenvalue weighted by atomic mass is 16.2. The van der Waals surface area contributed by atoms with Crippen LogP contribution in [0.5, 0.6) is 0 Å². The average molecular weight is 247 g/mol. The topological polar surface area (TPSA) is 92.5 Å². The molecule has 1 fully saturated rings. The summed E-state index contributed by atoms with van der Waals surface area (Å²) < 4.78 is 0. The van der Waals surface area contributed by atoms with Gasteiger partial charge in [0.2, 0.25) is 11.8 Å². The highest BCUT2D eigenvalue weighted by Crippen LogP contribution is 2.16. The fourth-order valence-electron chi connectivity index (χ4n) is 1.80. The third kappa shape index (κ3) is 2.54. The van der Waals surface area contributed by atoms with Crippen LogP contribution in [-0.2, 0) is 9.59 Å². The number of anilines is 1. The minimum atomic E-state index is -0.326. The van der Waals surface area contributed by atoms with E-state index in [4.69, 9.17) is 5.73 Å². The molecule has 0 radical (unpaired) electrons. The molecule has 0 aliphatic carbocycles. The number of ketones is 1. The zero-order valence-electron chi connectivity index (χ0n) is 9.68. The summed E-state index contributed by atoms with van der Waals surface area (Å²) in [6, 6.07) is 6.69. The number of piperazine rings is 1. The molecule has 2 amide bonds. The summed E-state index contributed by atoms with van der Waals surface area (Å²) in [4.78, 5) is 35.5. The fraction of sp³-hybridized carbons (Fsp3) is 0.250. The largest absolute Gasteiger partial charge is 0.353 e. The second-order valence-electron chi connectivity index (χ2n) is 4.00. The average Bonchev–Trinajstić information content (AvgIpc) is 2.37. The number of nitrogens with zero attached hydrogens (tertiary/aromatic N) is 1. The van der Waals surface area contributed by atoms with Crippen LogP contribution in [0.1, 0.15) is 10.4 Å². The van der Waals surface area contributed by atoms with Gasteiger partial charge in [0.25, 0.3) is 0 Å². The SMILES string of the molecule is NCC(=O)c1ccc(N2CC(=O)NC(=O)C2)cc1. The Morgan fingerprint density at radius 2 is 1.72 bits per heavy atom. The van der Waals surface area contributed by atoms with E-state index < -0.39 is 0 Å². The maximum Gasteiger partial charge on any atom is 0.246 e. The van der Waals surface area contributed by atoms with Crippen LogP contribution in [0.25, 0.3) is 0 Å². The van der Waals surface area contributed by atoms with Crippen LogP contribution in [0.15, 0.2) is 24.3 Å². The number of benzene rings is 1. The molecule has 1 saturated heterocycles. The van der Waals surface area contributed by atoms with Gasteiger partial charge in [-0.15, -0.1) is 0 Å². The van der Waals surface area contributed by atoms with Gasteiger partial charge in [0, 0.05) is 11.3 Å². The van der Waals surface area contributed by atoms with Gasteiger partial charge in [-0.3, -0.25) is 19.7 Å². The predicted octanol–water partition coefficient (Wildman–Crippen LogP) is -0.709. The number of hydrogen-bond acceptors (Lipinski definition) is 5. The third-order valence-electron chi connectivity index (χ3n) is 2.69. The van der Waals surface area contributed by atoms with E-state index in [-0.39, 0.29) is 37.2 Å². The maximum atomic E-state index is 11.3. The van der Waals surface area contributed by atoms with Crippen LogP contribution in [0, 0.1) is 0 Å². The Morgan fingerprint density at radius 1 is 1.17 bits per heavy atom. The van der Waals surface area contributed by atoms with Crippen molar-refractivity contribution in [3.8, 4) is 0 Å². The highest BCUT2D eigenvalue weighted by molar-refractivity contribution is 6.03. The number of nitrogens with one attached hydrogen (secondary N) is 1. The van der Waals surface area contributed by atoms with E-state index in [9.17, 15) is 14.4 Å². The summed E-state index contributed by atoms with van der Waals surface area (Å²) in [5.74, 6) is -0.796. The molecule has 0 saturated carbocycles. The van der Waals surface area contributed by atoms with Crippen LogP contribution in [0.4, 0.5) is 5.69 Å². The normalized spacial score (nSPS) is 15.5. The molecule has 6 nitrogen and oxygen atoms in total. The molecule has 0 bridgehead atoms. The van der Waals surface area contributed by atoms with Crippen molar-refractivity contribution in [1.29, 1.82) is 0 Å². The summed E-state index contributed by atoms with van der Waals surface area (Å²) in [6.45, 7) is 0.232. The van der Waals surface area contributed by atoms with E-state index in [1.807, 2.05) is 0 Å². The van der Waals surface area contributed by atoms with E-state index in [1.54, 1.807) is 29.2 Å². The number of hydrogen-bond donors (Lipinski definition) is 2. The van der Waals surface area contributed by atoms with Crippen molar-refractivity contribution in [3.63, 3.8) is 0 Å². The van der Waals surface area contributed by atoms with Crippen molar-refractivity contribution in [1.82, 2.24) is 5.32 Å². The molecule has 0 atom stereocenters. The van der Waals surface area contributed by atoms with Crippen molar-refractivity contribution >= 4 is 23.3 Å². The van der Waals surface area contributed by atoms with E-state index in [2.05, 4.69) is 5.32 Å². The van der Waals surface area contributed by atoms with Crippen molar-refractivity contribution in [2.45, 2.75) is 0 Å². The quantitative estimate of drug-likeness (QED) is 0.544. The molecule has 94 valence electrons. The molecular weight excluding hydrogens is 234 g/mol. The van der Waals surface area contributed by atoms with Crippen LogP contribution in [0.2, 0.25) is 0 Å². The zero-order chi connectivity index (χ0) is 13.1. The molecule has 1 aliphatic rings. The van der Waals surface area contributed by atoms with Gasteiger partial charge in [0.15, 0.2) is 5.78 Å². The maximum absolute atomic E-state index is 11.3. The highest BCUT2D eigenvalue weighted by Gasteiger charge is 2.22. The molecule has 0 spiro atoms. The zero-order valence-corrected chi connectivity index (χ0v) is 9.68. The first kappa shape index (κ1) is 12.3. The Balaban J connectivity index is 2.16. The summed E-state index contributed by atoms with van der Waals surface area (Å²) in [5, 5.41) is 2.23. The van der Waals surface area contributed by atoms with Gasteiger partial charge in [0.05, 0.1) is 19.6 Å². The lowest BCUT2D eigenvalue weighted by atomic mass is 10.1. The number of Topliss-reactive ketones (excluding diaryl/α,β-unsaturated/α-hetero) is 1. The Kier molecular flexibility index (Phi) is 3.38. The first-order valence-electron chi connectivity index (χ1n) is 5.51. The summed E-state index contributed by atoms with van der Waals surface area (Å²) in [7, 11) is 0. The number of rotatable bonds is 3. The number of amides is 2. The second-order valence-corrected chi connectivity index (χ2v) is 4.00. The fourth-order valence-corrected chi connectivity index (χ4v) is 1.80. The van der Waals surface area contributed by atoms with Crippen LogP contribution in [-0.4, -0.2) is 37.2 Å². The first-order chi connectivity index (χ1) is 8.60.